The Kier molecular flexibility index (Phi) is 13.0. The molecular formula is C33H45ClO9. The summed E-state index contributed by atoms with van der Waals surface area (Å²) in [4.78, 5) is 11.1. The fourth-order valence-corrected chi connectivity index (χ4v) is 5.36. The van der Waals surface area contributed by atoms with Gasteiger partial charge in [-0.2, -0.15) is 4.89 Å². The van der Waals surface area contributed by atoms with Gasteiger partial charge in [0.05, 0.1) is 30.9 Å². The molecule has 0 aromatic heterocycles. The minimum Gasteiger partial charge on any atom is -0.497 e. The highest BCUT2D eigenvalue weighted by Crippen LogP contribution is 2.61. The Hall–Kier alpha value is -2.47. The maximum Gasteiger partial charge on any atom is 0.261 e. The largest absolute Gasteiger partial charge is 0.497 e. The molecule has 1 aliphatic carbocycles. The highest BCUT2D eigenvalue weighted by molar-refractivity contribution is 6.33. The van der Waals surface area contributed by atoms with Crippen LogP contribution >= 0.6 is 11.6 Å². The van der Waals surface area contributed by atoms with Crippen molar-refractivity contribution in [2.75, 3.05) is 27.4 Å². The lowest BCUT2D eigenvalue weighted by Gasteiger charge is -2.59. The van der Waals surface area contributed by atoms with Crippen LogP contribution in [0, 0.1) is 5.92 Å². The highest BCUT2D eigenvalue weighted by Gasteiger charge is 2.69. The van der Waals surface area contributed by atoms with Crippen LogP contribution in [0.1, 0.15) is 61.8 Å². The standard InChI is InChI=1S/C27H31ClO7.C6H14O2/c1-18(31-2)5-10-21-11-12-23(27(32-3)26(34-35-27)13-4-14-26)24(28)25(21)33-17-20-8-6-19(7-9-20)15-22(30)16-29;1-3-6(4-7)5(2)8/h5-12,22,29-30H,1,4,13-17H2,2-3H3;5-8H,3-4H2,1-2H3/b10-5+;. The Morgan fingerprint density at radius 3 is 2.16 bits per heavy atom. The first-order chi connectivity index (χ1) is 20.6. The summed E-state index contributed by atoms with van der Waals surface area (Å²) in [6.45, 7) is 7.56. The molecule has 4 unspecified atom stereocenters. The quantitative estimate of drug-likeness (QED) is 0.130. The molecule has 2 aromatic rings. The molecule has 2 aliphatic rings. The van der Waals surface area contributed by atoms with E-state index >= 15 is 0 Å². The number of aliphatic hydroxyl groups is 4. The van der Waals surface area contributed by atoms with Gasteiger partial charge in [-0.25, -0.2) is 4.89 Å². The summed E-state index contributed by atoms with van der Waals surface area (Å²) >= 11 is 6.93. The van der Waals surface area contributed by atoms with E-state index in [4.69, 9.17) is 50.9 Å². The molecule has 4 atom stereocenters. The molecule has 1 aliphatic heterocycles. The summed E-state index contributed by atoms with van der Waals surface area (Å²) in [6.07, 6.45) is 6.31. The number of benzene rings is 2. The molecule has 238 valence electrons. The van der Waals surface area contributed by atoms with Gasteiger partial charge in [-0.3, -0.25) is 0 Å². The molecular weight excluding hydrogens is 576 g/mol. The van der Waals surface area contributed by atoms with Gasteiger partial charge in [0, 0.05) is 37.2 Å². The zero-order valence-electron chi connectivity index (χ0n) is 25.4. The van der Waals surface area contributed by atoms with Crippen molar-refractivity contribution >= 4 is 17.7 Å². The van der Waals surface area contributed by atoms with Gasteiger partial charge in [0.25, 0.3) is 5.79 Å². The van der Waals surface area contributed by atoms with Gasteiger partial charge < -0.3 is 34.6 Å². The predicted molar refractivity (Wildman–Crippen MR) is 164 cm³/mol. The van der Waals surface area contributed by atoms with Crippen molar-refractivity contribution in [3.63, 3.8) is 0 Å². The number of rotatable bonds is 14. The Balaban J connectivity index is 0.000000557. The van der Waals surface area contributed by atoms with E-state index in [0.29, 0.717) is 28.5 Å². The van der Waals surface area contributed by atoms with Crippen molar-refractivity contribution in [1.29, 1.82) is 0 Å². The van der Waals surface area contributed by atoms with Crippen molar-refractivity contribution in [1.82, 2.24) is 0 Å². The Morgan fingerprint density at radius 2 is 1.72 bits per heavy atom. The van der Waals surface area contributed by atoms with E-state index < -0.39 is 17.5 Å². The average Bonchev–Trinajstić information content (AvgIpc) is 2.97. The molecule has 2 aromatic carbocycles. The van der Waals surface area contributed by atoms with Crippen LogP contribution in [-0.4, -0.2) is 65.7 Å². The minimum atomic E-state index is -1.09. The molecule has 0 radical (unpaired) electrons. The molecule has 1 heterocycles. The number of methoxy groups -OCH3 is 2. The van der Waals surface area contributed by atoms with Crippen molar-refractivity contribution < 1.29 is 44.4 Å². The van der Waals surface area contributed by atoms with Crippen LogP contribution in [0.5, 0.6) is 5.75 Å². The van der Waals surface area contributed by atoms with E-state index in [-0.39, 0.29) is 31.8 Å². The fraction of sp³-hybridized carbons (Fsp3) is 0.515. The minimum absolute atomic E-state index is 0.0648. The van der Waals surface area contributed by atoms with Crippen LogP contribution in [0.25, 0.3) is 6.08 Å². The molecule has 10 heteroatoms. The van der Waals surface area contributed by atoms with E-state index in [2.05, 4.69) is 6.58 Å². The summed E-state index contributed by atoms with van der Waals surface area (Å²) in [5.41, 5.74) is 2.70. The Labute approximate surface area is 259 Å². The van der Waals surface area contributed by atoms with Gasteiger partial charge in [0.1, 0.15) is 18.1 Å². The lowest BCUT2D eigenvalue weighted by molar-refractivity contribution is -0.631. The van der Waals surface area contributed by atoms with Crippen LogP contribution in [-0.2, 0) is 38.1 Å². The van der Waals surface area contributed by atoms with Gasteiger partial charge in [-0.15, -0.1) is 0 Å². The second-order valence-corrected chi connectivity index (χ2v) is 11.3. The molecule has 1 spiro atoms. The second kappa shape index (κ2) is 16.0. The molecule has 1 saturated carbocycles. The molecule has 0 amide bonds. The molecule has 1 saturated heterocycles. The molecule has 2 fully saturated rings. The normalized spacial score (nSPS) is 20.8. The molecule has 4 rings (SSSR count). The van der Waals surface area contributed by atoms with Crippen LogP contribution in [0.4, 0.5) is 0 Å². The number of aliphatic hydroxyl groups excluding tert-OH is 4. The summed E-state index contributed by atoms with van der Waals surface area (Å²) in [5, 5.41) is 36.5. The summed E-state index contributed by atoms with van der Waals surface area (Å²) in [5.74, 6) is -0.0524. The lowest BCUT2D eigenvalue weighted by atomic mass is 9.70. The summed E-state index contributed by atoms with van der Waals surface area (Å²) in [7, 11) is 3.14. The van der Waals surface area contributed by atoms with Crippen molar-refractivity contribution in [2.24, 2.45) is 5.92 Å². The maximum atomic E-state index is 9.66. The topological polar surface area (TPSA) is 127 Å². The Morgan fingerprint density at radius 1 is 1.05 bits per heavy atom. The SMILES string of the molecule is C=C(/C=C/c1ccc(C2(OC)OOC23CCC3)c(Cl)c1OCc1ccc(CC(O)CO)cc1)OC.CCC(CO)C(C)O. The summed E-state index contributed by atoms with van der Waals surface area (Å²) < 4.78 is 17.2. The first-order valence-corrected chi connectivity index (χ1v) is 14.9. The number of hydrogen-bond acceptors (Lipinski definition) is 9. The first kappa shape index (κ1) is 35.0. The van der Waals surface area contributed by atoms with Crippen LogP contribution in [0.3, 0.4) is 0 Å². The van der Waals surface area contributed by atoms with Crippen LogP contribution in [0.2, 0.25) is 5.02 Å². The summed E-state index contributed by atoms with van der Waals surface area (Å²) in [6, 6.07) is 11.4. The number of halogens is 1. The van der Waals surface area contributed by atoms with E-state index in [0.717, 1.165) is 42.4 Å². The van der Waals surface area contributed by atoms with Crippen molar-refractivity contribution in [2.45, 2.75) is 76.2 Å². The zero-order valence-corrected chi connectivity index (χ0v) is 26.2. The Bertz CT molecular complexity index is 1200. The maximum absolute atomic E-state index is 9.66. The van der Waals surface area contributed by atoms with E-state index in [1.165, 1.54) is 0 Å². The third-order valence-electron chi connectivity index (χ3n) is 8.09. The fourth-order valence-electron chi connectivity index (χ4n) is 5.01. The van der Waals surface area contributed by atoms with Gasteiger partial charge in [0.2, 0.25) is 0 Å². The molecule has 0 bridgehead atoms. The second-order valence-electron chi connectivity index (χ2n) is 10.9. The zero-order chi connectivity index (χ0) is 31.6. The lowest BCUT2D eigenvalue weighted by Crippen LogP contribution is -2.69. The molecule has 9 nitrogen and oxygen atoms in total. The highest BCUT2D eigenvalue weighted by atomic mass is 35.5. The van der Waals surface area contributed by atoms with Crippen LogP contribution in [0.15, 0.2) is 54.8 Å². The predicted octanol–water partition coefficient (Wildman–Crippen LogP) is 5.06. The van der Waals surface area contributed by atoms with Crippen molar-refractivity contribution in [3.05, 3.63) is 82.1 Å². The molecule has 4 N–H and O–H groups in total. The van der Waals surface area contributed by atoms with E-state index in [1.807, 2.05) is 49.4 Å². The number of hydrogen-bond donors (Lipinski definition) is 4. The van der Waals surface area contributed by atoms with Gasteiger partial charge >= 0.3 is 0 Å². The monoisotopic (exact) mass is 620 g/mol. The van der Waals surface area contributed by atoms with Crippen molar-refractivity contribution in [3.8, 4) is 5.75 Å². The number of allylic oxidation sites excluding steroid dienone is 1. The average molecular weight is 621 g/mol. The third-order valence-corrected chi connectivity index (χ3v) is 8.46. The van der Waals surface area contributed by atoms with E-state index in [1.54, 1.807) is 27.2 Å². The first-order valence-electron chi connectivity index (χ1n) is 14.5. The number of ether oxygens (including phenoxy) is 3. The van der Waals surface area contributed by atoms with Gasteiger partial charge in [0.15, 0.2) is 5.60 Å². The van der Waals surface area contributed by atoms with Crippen LogP contribution < -0.4 is 4.74 Å². The molecule has 43 heavy (non-hydrogen) atoms. The van der Waals surface area contributed by atoms with E-state index in [9.17, 15) is 5.11 Å². The van der Waals surface area contributed by atoms with Gasteiger partial charge in [-0.1, -0.05) is 61.5 Å². The van der Waals surface area contributed by atoms with Gasteiger partial charge in [-0.05, 0) is 55.9 Å². The third kappa shape index (κ3) is 7.98. The smallest absolute Gasteiger partial charge is 0.261 e.